The average Bonchev–Trinajstić information content (AvgIpc) is 2.72. The van der Waals surface area contributed by atoms with E-state index in [1.54, 1.807) is 18.2 Å². The standard InChI is InChI=1S/C14H16BrClN4O/c1-3-20-11(13(15)8(2)19-20)7-21-12-5-4-9(14(17)18)6-10(12)16/h4-6H,3,7H2,1-2H3,(H3,17,18). The number of nitrogens with two attached hydrogens (primary N) is 1. The van der Waals surface area contributed by atoms with Crippen molar-refractivity contribution in [2.45, 2.75) is 27.0 Å². The number of nitrogens with zero attached hydrogens (tertiary/aromatic N) is 2. The second-order valence-corrected chi connectivity index (χ2v) is 5.71. The monoisotopic (exact) mass is 370 g/mol. The number of rotatable bonds is 5. The fraction of sp³-hybridized carbons (Fsp3) is 0.286. The first kappa shape index (κ1) is 15.9. The number of halogens is 2. The number of hydrogen-bond acceptors (Lipinski definition) is 3. The molecule has 1 aromatic heterocycles. The van der Waals surface area contributed by atoms with Gasteiger partial charge in [-0.15, -0.1) is 0 Å². The minimum absolute atomic E-state index is 0.0223. The van der Waals surface area contributed by atoms with Crippen LogP contribution < -0.4 is 10.5 Å². The molecule has 1 aromatic carbocycles. The number of aromatic nitrogens is 2. The van der Waals surface area contributed by atoms with Crippen LogP contribution in [0, 0.1) is 12.3 Å². The lowest BCUT2D eigenvalue weighted by Crippen LogP contribution is -2.11. The maximum atomic E-state index is 7.38. The van der Waals surface area contributed by atoms with Crippen LogP contribution in [-0.4, -0.2) is 15.6 Å². The molecule has 5 nitrogen and oxygen atoms in total. The van der Waals surface area contributed by atoms with E-state index in [0.717, 1.165) is 22.4 Å². The number of nitrogen functional groups attached to an aromatic ring is 1. The topological polar surface area (TPSA) is 76.9 Å². The highest BCUT2D eigenvalue weighted by Gasteiger charge is 2.13. The molecule has 0 saturated heterocycles. The predicted molar refractivity (Wildman–Crippen MR) is 87.1 cm³/mol. The zero-order chi connectivity index (χ0) is 15.6. The molecule has 112 valence electrons. The zero-order valence-corrected chi connectivity index (χ0v) is 14.1. The molecule has 0 atom stereocenters. The summed E-state index contributed by atoms with van der Waals surface area (Å²) in [5.74, 6) is 0.529. The summed E-state index contributed by atoms with van der Waals surface area (Å²) in [7, 11) is 0. The van der Waals surface area contributed by atoms with Crippen molar-refractivity contribution in [2.24, 2.45) is 5.73 Å². The molecule has 0 aliphatic heterocycles. The molecular weight excluding hydrogens is 356 g/mol. The Hall–Kier alpha value is -1.53. The second-order valence-electron chi connectivity index (χ2n) is 4.51. The molecule has 2 rings (SSSR count). The largest absolute Gasteiger partial charge is 0.486 e. The molecule has 0 fully saturated rings. The van der Waals surface area contributed by atoms with Crippen LogP contribution in [0.4, 0.5) is 0 Å². The van der Waals surface area contributed by atoms with Crippen LogP contribution in [0.15, 0.2) is 22.7 Å². The van der Waals surface area contributed by atoms with Crippen LogP contribution in [-0.2, 0) is 13.2 Å². The van der Waals surface area contributed by atoms with E-state index in [-0.39, 0.29) is 5.84 Å². The second kappa shape index (κ2) is 6.49. The van der Waals surface area contributed by atoms with Gasteiger partial charge in [0.15, 0.2) is 0 Å². The van der Waals surface area contributed by atoms with Crippen molar-refractivity contribution in [3.8, 4) is 5.75 Å². The Morgan fingerprint density at radius 3 is 2.81 bits per heavy atom. The van der Waals surface area contributed by atoms with Gasteiger partial charge in [0.25, 0.3) is 0 Å². The highest BCUT2D eigenvalue weighted by molar-refractivity contribution is 9.10. The molecule has 1 heterocycles. The number of aryl methyl sites for hydroxylation is 2. The summed E-state index contributed by atoms with van der Waals surface area (Å²) in [6, 6.07) is 5.05. The molecule has 3 N–H and O–H groups in total. The minimum atomic E-state index is -0.0223. The maximum absolute atomic E-state index is 7.38. The fourth-order valence-electron chi connectivity index (χ4n) is 1.94. The summed E-state index contributed by atoms with van der Waals surface area (Å²) in [6.07, 6.45) is 0. The Morgan fingerprint density at radius 2 is 2.24 bits per heavy atom. The summed E-state index contributed by atoms with van der Waals surface area (Å²) >= 11 is 9.67. The highest BCUT2D eigenvalue weighted by atomic mass is 79.9. The highest BCUT2D eigenvalue weighted by Crippen LogP contribution is 2.28. The van der Waals surface area contributed by atoms with Crippen molar-refractivity contribution >= 4 is 33.4 Å². The van der Waals surface area contributed by atoms with Gasteiger partial charge in [0.2, 0.25) is 0 Å². The van der Waals surface area contributed by atoms with E-state index in [9.17, 15) is 0 Å². The van der Waals surface area contributed by atoms with E-state index in [1.807, 2.05) is 18.5 Å². The molecule has 2 aromatic rings. The fourth-order valence-corrected chi connectivity index (χ4v) is 2.57. The third-order valence-corrected chi connectivity index (χ3v) is 4.39. The molecule has 0 unspecified atom stereocenters. The van der Waals surface area contributed by atoms with Gasteiger partial charge in [0.1, 0.15) is 18.2 Å². The Bertz CT molecular complexity index is 684. The van der Waals surface area contributed by atoms with Crippen molar-refractivity contribution in [3.63, 3.8) is 0 Å². The van der Waals surface area contributed by atoms with Crippen LogP contribution in [0.5, 0.6) is 5.75 Å². The number of hydrogen-bond donors (Lipinski definition) is 2. The third kappa shape index (κ3) is 3.39. The average molecular weight is 372 g/mol. The lowest BCUT2D eigenvalue weighted by atomic mass is 10.2. The van der Waals surface area contributed by atoms with Crippen molar-refractivity contribution in [2.75, 3.05) is 0 Å². The van der Waals surface area contributed by atoms with Crippen molar-refractivity contribution in [1.82, 2.24) is 9.78 Å². The summed E-state index contributed by atoms with van der Waals surface area (Å²) in [5.41, 5.74) is 7.88. The van der Waals surface area contributed by atoms with Crippen LogP contribution in [0.2, 0.25) is 5.02 Å². The van der Waals surface area contributed by atoms with Gasteiger partial charge in [0.05, 0.1) is 20.9 Å². The first-order valence-corrected chi connectivity index (χ1v) is 7.59. The van der Waals surface area contributed by atoms with Crippen molar-refractivity contribution in [1.29, 1.82) is 5.41 Å². The smallest absolute Gasteiger partial charge is 0.138 e. The van der Waals surface area contributed by atoms with Gasteiger partial charge in [-0.25, -0.2) is 0 Å². The SMILES string of the molecule is CCn1nc(C)c(Br)c1COc1ccc(C(=N)N)cc1Cl. The normalized spacial score (nSPS) is 10.7. The lowest BCUT2D eigenvalue weighted by Gasteiger charge is -2.10. The summed E-state index contributed by atoms with van der Waals surface area (Å²) < 4.78 is 8.59. The number of ether oxygens (including phenoxy) is 1. The van der Waals surface area contributed by atoms with E-state index < -0.39 is 0 Å². The minimum Gasteiger partial charge on any atom is -0.486 e. The van der Waals surface area contributed by atoms with E-state index in [4.69, 9.17) is 27.5 Å². The molecule has 21 heavy (non-hydrogen) atoms. The number of nitrogens with one attached hydrogen (secondary N) is 1. The third-order valence-electron chi connectivity index (χ3n) is 3.06. The molecule has 0 bridgehead atoms. The van der Waals surface area contributed by atoms with Gasteiger partial charge in [-0.3, -0.25) is 10.1 Å². The van der Waals surface area contributed by atoms with E-state index >= 15 is 0 Å². The summed E-state index contributed by atoms with van der Waals surface area (Å²) in [5, 5.41) is 12.2. The first-order chi connectivity index (χ1) is 9.93. The van der Waals surface area contributed by atoms with Gasteiger partial charge in [-0.2, -0.15) is 5.10 Å². The van der Waals surface area contributed by atoms with E-state index in [2.05, 4.69) is 21.0 Å². The zero-order valence-electron chi connectivity index (χ0n) is 11.8. The van der Waals surface area contributed by atoms with Gasteiger partial charge >= 0.3 is 0 Å². The van der Waals surface area contributed by atoms with Crippen LogP contribution in [0.1, 0.15) is 23.9 Å². The van der Waals surface area contributed by atoms with E-state index in [0.29, 0.717) is 22.9 Å². The molecule has 0 amide bonds. The van der Waals surface area contributed by atoms with Crippen LogP contribution in [0.3, 0.4) is 0 Å². The van der Waals surface area contributed by atoms with Gasteiger partial charge < -0.3 is 10.5 Å². The van der Waals surface area contributed by atoms with Crippen LogP contribution in [0.25, 0.3) is 0 Å². The Morgan fingerprint density at radius 1 is 1.52 bits per heavy atom. The predicted octanol–water partition coefficient (Wildman–Crippen LogP) is 3.49. The maximum Gasteiger partial charge on any atom is 0.138 e. The van der Waals surface area contributed by atoms with Crippen LogP contribution >= 0.6 is 27.5 Å². The van der Waals surface area contributed by atoms with E-state index in [1.165, 1.54) is 0 Å². The Kier molecular flexibility index (Phi) is 4.90. The quantitative estimate of drug-likeness (QED) is 0.624. The summed E-state index contributed by atoms with van der Waals surface area (Å²) in [6.45, 7) is 5.09. The number of benzene rings is 1. The molecule has 7 heteroatoms. The molecule has 0 aliphatic carbocycles. The molecular formula is C14H16BrClN4O. The molecule has 0 aliphatic rings. The molecule has 0 spiro atoms. The lowest BCUT2D eigenvalue weighted by molar-refractivity contribution is 0.292. The van der Waals surface area contributed by atoms with Crippen molar-refractivity contribution in [3.05, 3.63) is 44.6 Å². The first-order valence-electron chi connectivity index (χ1n) is 6.42. The summed E-state index contributed by atoms with van der Waals surface area (Å²) in [4.78, 5) is 0. The Labute approximate surface area is 136 Å². The van der Waals surface area contributed by atoms with Gasteiger partial charge in [-0.05, 0) is 48.0 Å². The number of amidine groups is 1. The Balaban J connectivity index is 2.19. The molecule has 0 saturated carbocycles. The van der Waals surface area contributed by atoms with Gasteiger partial charge in [0, 0.05) is 12.1 Å². The van der Waals surface area contributed by atoms with Crippen molar-refractivity contribution < 1.29 is 4.74 Å². The van der Waals surface area contributed by atoms with Gasteiger partial charge in [-0.1, -0.05) is 11.6 Å². The molecule has 0 radical (unpaired) electrons.